The first-order valence-electron chi connectivity index (χ1n) is 9.81. The van der Waals surface area contributed by atoms with Crippen molar-refractivity contribution in [2.24, 2.45) is 5.92 Å². The second kappa shape index (κ2) is 7.92. The molecule has 25 heavy (non-hydrogen) atoms. The molecule has 0 spiro atoms. The minimum atomic E-state index is 0.559. The Labute approximate surface area is 155 Å². The molecule has 0 atom stereocenters. The average molecular weight is 358 g/mol. The lowest BCUT2D eigenvalue weighted by molar-refractivity contribution is 0.168. The lowest BCUT2D eigenvalue weighted by Gasteiger charge is -2.36. The van der Waals surface area contributed by atoms with Gasteiger partial charge in [0, 0.05) is 48.0 Å². The number of fused-ring (bicyclic) bond motifs is 1. The molecule has 4 rings (SSSR count). The van der Waals surface area contributed by atoms with Crippen LogP contribution in [0.25, 0.3) is 10.9 Å². The molecule has 1 aliphatic heterocycles. The molecule has 134 valence electrons. The van der Waals surface area contributed by atoms with E-state index in [4.69, 9.17) is 11.6 Å². The number of nitrogens with zero attached hydrogens (tertiary/aromatic N) is 2. The number of anilines is 1. The van der Waals surface area contributed by atoms with Gasteiger partial charge in [-0.15, -0.1) is 0 Å². The Balaban J connectivity index is 1.34. The number of pyridine rings is 1. The Kier molecular flexibility index (Phi) is 5.42. The third-order valence-electron chi connectivity index (χ3n) is 5.89. The van der Waals surface area contributed by atoms with Gasteiger partial charge in [0.2, 0.25) is 0 Å². The van der Waals surface area contributed by atoms with Crippen molar-refractivity contribution in [3.8, 4) is 0 Å². The first kappa shape index (κ1) is 17.1. The van der Waals surface area contributed by atoms with Gasteiger partial charge in [-0.05, 0) is 55.9 Å². The zero-order valence-corrected chi connectivity index (χ0v) is 15.6. The number of piperidine rings is 1. The highest BCUT2D eigenvalue weighted by atomic mass is 35.5. The first-order valence-corrected chi connectivity index (χ1v) is 10.2. The van der Waals surface area contributed by atoms with E-state index in [0.29, 0.717) is 6.04 Å². The molecule has 0 amide bonds. The average Bonchev–Trinajstić information content (AvgIpc) is 2.64. The second-order valence-corrected chi connectivity index (χ2v) is 8.18. The van der Waals surface area contributed by atoms with E-state index in [1.165, 1.54) is 70.3 Å². The number of hydrogen-bond acceptors (Lipinski definition) is 3. The Hall–Kier alpha value is -1.32. The summed E-state index contributed by atoms with van der Waals surface area (Å²) in [7, 11) is 0. The standard InChI is InChI=1S/C21H28ClN3/c22-17-6-7-19-20(8-11-23-21(19)14-17)24-18-9-12-25(13-10-18)15-16-4-2-1-3-5-16/h6-8,11,14,16,18H,1-5,9-10,12-13,15H2,(H,23,24). The van der Waals surface area contributed by atoms with E-state index in [2.05, 4.69) is 27.3 Å². The number of benzene rings is 1. The van der Waals surface area contributed by atoms with Crippen LogP contribution in [0.2, 0.25) is 5.02 Å². The summed E-state index contributed by atoms with van der Waals surface area (Å²) in [5.74, 6) is 0.951. The summed E-state index contributed by atoms with van der Waals surface area (Å²) in [6.45, 7) is 3.77. The molecule has 3 nitrogen and oxygen atoms in total. The summed E-state index contributed by atoms with van der Waals surface area (Å²) in [5, 5.41) is 5.66. The molecule has 1 saturated carbocycles. The molecule has 1 aromatic heterocycles. The van der Waals surface area contributed by atoms with E-state index in [9.17, 15) is 0 Å². The second-order valence-electron chi connectivity index (χ2n) is 7.74. The van der Waals surface area contributed by atoms with Crippen molar-refractivity contribution in [3.05, 3.63) is 35.5 Å². The van der Waals surface area contributed by atoms with Crippen LogP contribution in [-0.2, 0) is 0 Å². The van der Waals surface area contributed by atoms with Gasteiger partial charge in [0.05, 0.1) is 5.52 Å². The van der Waals surface area contributed by atoms with E-state index in [0.717, 1.165) is 21.8 Å². The summed E-state index contributed by atoms with van der Waals surface area (Å²) < 4.78 is 0. The minimum absolute atomic E-state index is 0.559. The molecule has 1 aliphatic carbocycles. The van der Waals surface area contributed by atoms with Crippen LogP contribution >= 0.6 is 11.6 Å². The zero-order chi connectivity index (χ0) is 17.1. The Morgan fingerprint density at radius 3 is 2.64 bits per heavy atom. The van der Waals surface area contributed by atoms with Gasteiger partial charge >= 0.3 is 0 Å². The molecule has 0 bridgehead atoms. The van der Waals surface area contributed by atoms with Crippen LogP contribution in [0, 0.1) is 5.92 Å². The molecule has 1 N–H and O–H groups in total. The maximum absolute atomic E-state index is 6.09. The number of hydrogen-bond donors (Lipinski definition) is 1. The van der Waals surface area contributed by atoms with Crippen LogP contribution in [0.1, 0.15) is 44.9 Å². The Morgan fingerprint density at radius 1 is 1.04 bits per heavy atom. The summed E-state index contributed by atoms with van der Waals surface area (Å²) >= 11 is 6.09. The fraction of sp³-hybridized carbons (Fsp3) is 0.571. The van der Waals surface area contributed by atoms with Crippen molar-refractivity contribution >= 4 is 28.2 Å². The largest absolute Gasteiger partial charge is 0.382 e. The number of likely N-dealkylation sites (tertiary alicyclic amines) is 1. The van der Waals surface area contributed by atoms with E-state index in [-0.39, 0.29) is 0 Å². The molecule has 2 fully saturated rings. The fourth-order valence-corrected chi connectivity index (χ4v) is 4.63. The molecule has 4 heteroatoms. The van der Waals surface area contributed by atoms with Crippen LogP contribution in [0.4, 0.5) is 5.69 Å². The molecule has 0 unspecified atom stereocenters. The third kappa shape index (κ3) is 4.27. The number of nitrogens with one attached hydrogen (secondary N) is 1. The molecule has 2 aliphatic rings. The molecule has 1 saturated heterocycles. The van der Waals surface area contributed by atoms with Crippen LogP contribution < -0.4 is 5.32 Å². The predicted octanol–water partition coefficient (Wildman–Crippen LogP) is 5.34. The summed E-state index contributed by atoms with van der Waals surface area (Å²) in [5.41, 5.74) is 2.15. The normalized spacial score (nSPS) is 20.8. The Morgan fingerprint density at radius 2 is 1.84 bits per heavy atom. The summed E-state index contributed by atoms with van der Waals surface area (Å²) in [6, 6.07) is 8.61. The van der Waals surface area contributed by atoms with Gasteiger partial charge in [0.15, 0.2) is 0 Å². The number of rotatable bonds is 4. The zero-order valence-electron chi connectivity index (χ0n) is 14.9. The quantitative estimate of drug-likeness (QED) is 0.799. The van der Waals surface area contributed by atoms with Crippen molar-refractivity contribution in [2.45, 2.75) is 51.0 Å². The van der Waals surface area contributed by atoms with Crippen molar-refractivity contribution in [1.82, 2.24) is 9.88 Å². The highest BCUT2D eigenvalue weighted by Gasteiger charge is 2.23. The Bertz CT molecular complexity index is 703. The molecule has 1 aromatic carbocycles. The molecule has 2 aromatic rings. The smallest absolute Gasteiger partial charge is 0.0737 e. The van der Waals surface area contributed by atoms with E-state index >= 15 is 0 Å². The van der Waals surface area contributed by atoms with Crippen LogP contribution in [0.5, 0.6) is 0 Å². The number of halogens is 1. The molecular weight excluding hydrogens is 330 g/mol. The van der Waals surface area contributed by atoms with Crippen molar-refractivity contribution in [2.75, 3.05) is 25.0 Å². The molecular formula is C21H28ClN3. The van der Waals surface area contributed by atoms with Gasteiger partial charge < -0.3 is 10.2 Å². The van der Waals surface area contributed by atoms with Gasteiger partial charge in [0.25, 0.3) is 0 Å². The summed E-state index contributed by atoms with van der Waals surface area (Å²) in [4.78, 5) is 7.13. The van der Waals surface area contributed by atoms with Gasteiger partial charge in [-0.2, -0.15) is 0 Å². The lowest BCUT2D eigenvalue weighted by atomic mass is 9.88. The third-order valence-corrected chi connectivity index (χ3v) is 6.13. The molecule has 2 heterocycles. The van der Waals surface area contributed by atoms with E-state index in [1.807, 2.05) is 18.3 Å². The topological polar surface area (TPSA) is 28.2 Å². The maximum atomic E-state index is 6.09. The SMILES string of the molecule is Clc1ccc2c(NC3CCN(CC4CCCCC4)CC3)ccnc2c1. The van der Waals surface area contributed by atoms with E-state index < -0.39 is 0 Å². The van der Waals surface area contributed by atoms with Crippen molar-refractivity contribution in [1.29, 1.82) is 0 Å². The number of aromatic nitrogens is 1. The van der Waals surface area contributed by atoms with Crippen molar-refractivity contribution in [3.63, 3.8) is 0 Å². The van der Waals surface area contributed by atoms with Crippen LogP contribution in [0.3, 0.4) is 0 Å². The highest BCUT2D eigenvalue weighted by molar-refractivity contribution is 6.31. The highest BCUT2D eigenvalue weighted by Crippen LogP contribution is 2.28. The monoisotopic (exact) mass is 357 g/mol. The predicted molar refractivity (Wildman–Crippen MR) is 106 cm³/mol. The van der Waals surface area contributed by atoms with Gasteiger partial charge in [-0.25, -0.2) is 0 Å². The van der Waals surface area contributed by atoms with Crippen molar-refractivity contribution < 1.29 is 0 Å². The lowest BCUT2D eigenvalue weighted by Crippen LogP contribution is -2.41. The molecule has 0 radical (unpaired) electrons. The van der Waals surface area contributed by atoms with Crippen LogP contribution in [0.15, 0.2) is 30.5 Å². The van der Waals surface area contributed by atoms with Gasteiger partial charge in [0.1, 0.15) is 0 Å². The first-order chi connectivity index (χ1) is 12.3. The summed E-state index contributed by atoms with van der Waals surface area (Å²) in [6.07, 6.45) is 11.6. The fourth-order valence-electron chi connectivity index (χ4n) is 4.46. The van der Waals surface area contributed by atoms with Gasteiger partial charge in [-0.1, -0.05) is 30.9 Å². The van der Waals surface area contributed by atoms with Crippen LogP contribution in [-0.4, -0.2) is 35.6 Å². The minimum Gasteiger partial charge on any atom is -0.382 e. The van der Waals surface area contributed by atoms with Gasteiger partial charge in [-0.3, -0.25) is 4.98 Å². The maximum Gasteiger partial charge on any atom is 0.0737 e. The van der Waals surface area contributed by atoms with E-state index in [1.54, 1.807) is 0 Å².